The molecular weight excluding hydrogens is 413 g/mol. The van der Waals surface area contributed by atoms with E-state index in [2.05, 4.69) is 10.3 Å². The minimum Gasteiger partial charge on any atom is -0.321 e. The fourth-order valence-corrected chi connectivity index (χ4v) is 4.81. The zero-order chi connectivity index (χ0) is 19.7. The van der Waals surface area contributed by atoms with Gasteiger partial charge < -0.3 is 11.1 Å². The van der Waals surface area contributed by atoms with E-state index >= 15 is 0 Å². The fourth-order valence-electron chi connectivity index (χ4n) is 4.11. The SMILES string of the molecule is NC1(c2ccnc3cc(Cl)ccc23)CCC(NCc2c(Cl)cccc2Cl)CC1. The Morgan fingerprint density at radius 3 is 2.46 bits per heavy atom. The molecule has 1 saturated carbocycles. The van der Waals surface area contributed by atoms with Crippen LogP contribution >= 0.6 is 34.8 Å². The molecule has 0 spiro atoms. The Morgan fingerprint density at radius 1 is 1.04 bits per heavy atom. The molecule has 6 heteroatoms. The van der Waals surface area contributed by atoms with E-state index in [-0.39, 0.29) is 5.54 Å². The van der Waals surface area contributed by atoms with E-state index in [9.17, 15) is 0 Å². The summed E-state index contributed by atoms with van der Waals surface area (Å²) in [6.45, 7) is 0.664. The molecule has 0 amide bonds. The highest BCUT2D eigenvalue weighted by Gasteiger charge is 2.34. The molecule has 4 rings (SSSR count). The molecule has 1 aliphatic rings. The van der Waals surface area contributed by atoms with Crippen molar-refractivity contribution in [2.45, 2.75) is 43.8 Å². The molecule has 0 atom stereocenters. The molecule has 1 fully saturated rings. The second-order valence-corrected chi connectivity index (χ2v) is 8.78. The van der Waals surface area contributed by atoms with E-state index in [4.69, 9.17) is 40.5 Å². The van der Waals surface area contributed by atoms with E-state index in [1.165, 1.54) is 0 Å². The number of benzene rings is 2. The highest BCUT2D eigenvalue weighted by molar-refractivity contribution is 6.36. The van der Waals surface area contributed by atoms with Gasteiger partial charge in [0.25, 0.3) is 0 Å². The number of hydrogen-bond acceptors (Lipinski definition) is 3. The predicted octanol–water partition coefficient (Wildman–Crippen LogP) is 6.08. The first-order valence-corrected chi connectivity index (χ1v) is 10.6. The summed E-state index contributed by atoms with van der Waals surface area (Å²) in [6, 6.07) is 13.9. The molecule has 0 radical (unpaired) electrons. The average Bonchev–Trinajstić information content (AvgIpc) is 2.68. The van der Waals surface area contributed by atoms with Crippen molar-refractivity contribution < 1.29 is 0 Å². The van der Waals surface area contributed by atoms with E-state index in [1.54, 1.807) is 0 Å². The first-order chi connectivity index (χ1) is 13.5. The van der Waals surface area contributed by atoms with Crippen LogP contribution in [0.5, 0.6) is 0 Å². The number of nitrogens with zero attached hydrogens (tertiary/aromatic N) is 1. The van der Waals surface area contributed by atoms with Gasteiger partial charge in [-0.1, -0.05) is 46.9 Å². The zero-order valence-corrected chi connectivity index (χ0v) is 17.7. The van der Waals surface area contributed by atoms with E-state index < -0.39 is 0 Å². The summed E-state index contributed by atoms with van der Waals surface area (Å²) in [5.41, 5.74) is 9.52. The van der Waals surface area contributed by atoms with Gasteiger partial charge in [0.15, 0.2) is 0 Å². The molecule has 2 aromatic carbocycles. The van der Waals surface area contributed by atoms with Crippen molar-refractivity contribution in [2.75, 3.05) is 0 Å². The Morgan fingerprint density at radius 2 is 1.75 bits per heavy atom. The van der Waals surface area contributed by atoms with Gasteiger partial charge in [0.2, 0.25) is 0 Å². The second-order valence-electron chi connectivity index (χ2n) is 7.53. The van der Waals surface area contributed by atoms with Gasteiger partial charge in [-0.2, -0.15) is 0 Å². The van der Waals surface area contributed by atoms with Gasteiger partial charge in [0, 0.05) is 50.3 Å². The summed E-state index contributed by atoms with van der Waals surface area (Å²) >= 11 is 18.7. The smallest absolute Gasteiger partial charge is 0.0720 e. The van der Waals surface area contributed by atoms with E-state index in [1.807, 2.05) is 48.7 Å². The topological polar surface area (TPSA) is 50.9 Å². The normalized spacial score (nSPS) is 22.5. The highest BCUT2D eigenvalue weighted by Crippen LogP contribution is 2.38. The largest absolute Gasteiger partial charge is 0.321 e. The quantitative estimate of drug-likeness (QED) is 0.523. The Kier molecular flexibility index (Phi) is 5.82. The number of rotatable bonds is 4. The molecule has 0 bridgehead atoms. The maximum Gasteiger partial charge on any atom is 0.0720 e. The Hall–Kier alpha value is -1.36. The summed E-state index contributed by atoms with van der Waals surface area (Å²) < 4.78 is 0. The molecule has 1 aliphatic carbocycles. The van der Waals surface area contributed by atoms with Gasteiger partial charge in [-0.15, -0.1) is 0 Å². The molecule has 0 saturated heterocycles. The third kappa shape index (κ3) is 4.00. The molecule has 3 aromatic rings. The minimum atomic E-state index is -0.352. The average molecular weight is 435 g/mol. The lowest BCUT2D eigenvalue weighted by atomic mass is 9.74. The predicted molar refractivity (Wildman–Crippen MR) is 118 cm³/mol. The van der Waals surface area contributed by atoms with Gasteiger partial charge in [0.1, 0.15) is 0 Å². The highest BCUT2D eigenvalue weighted by atomic mass is 35.5. The Labute approximate surface area is 180 Å². The van der Waals surface area contributed by atoms with Gasteiger partial charge in [-0.05, 0) is 61.6 Å². The van der Waals surface area contributed by atoms with Crippen LogP contribution in [-0.2, 0) is 12.1 Å². The van der Waals surface area contributed by atoms with Crippen molar-refractivity contribution in [3.8, 4) is 0 Å². The first kappa shape index (κ1) is 19.9. The van der Waals surface area contributed by atoms with Crippen LogP contribution in [0.3, 0.4) is 0 Å². The van der Waals surface area contributed by atoms with Crippen LogP contribution < -0.4 is 11.1 Å². The lowest BCUT2D eigenvalue weighted by molar-refractivity contribution is 0.252. The molecule has 0 aliphatic heterocycles. The van der Waals surface area contributed by atoms with Crippen molar-refractivity contribution in [3.63, 3.8) is 0 Å². The van der Waals surface area contributed by atoms with Crippen molar-refractivity contribution in [3.05, 3.63) is 74.9 Å². The summed E-state index contributed by atoms with van der Waals surface area (Å²) in [7, 11) is 0. The van der Waals surface area contributed by atoms with E-state index in [0.717, 1.165) is 47.7 Å². The van der Waals surface area contributed by atoms with Crippen LogP contribution in [-0.4, -0.2) is 11.0 Å². The van der Waals surface area contributed by atoms with Gasteiger partial charge in [-0.3, -0.25) is 4.98 Å². The number of halogens is 3. The van der Waals surface area contributed by atoms with Crippen molar-refractivity contribution in [1.29, 1.82) is 0 Å². The molecule has 28 heavy (non-hydrogen) atoms. The standard InChI is InChI=1S/C22H22Cl3N3/c23-14-4-5-16-18(8-11-27-21(16)12-14)22(26)9-6-15(7-10-22)28-13-17-19(24)2-1-3-20(17)25/h1-5,8,11-12,15,28H,6-7,9-10,13,26H2. The lowest BCUT2D eigenvalue weighted by Crippen LogP contribution is -2.45. The number of pyridine rings is 1. The number of nitrogens with one attached hydrogen (secondary N) is 1. The van der Waals surface area contributed by atoms with Crippen molar-refractivity contribution in [2.24, 2.45) is 5.73 Å². The number of nitrogens with two attached hydrogens (primary N) is 1. The summed E-state index contributed by atoms with van der Waals surface area (Å²) in [5.74, 6) is 0. The van der Waals surface area contributed by atoms with Crippen LogP contribution in [0.1, 0.15) is 36.8 Å². The van der Waals surface area contributed by atoms with Crippen LogP contribution in [0.4, 0.5) is 0 Å². The van der Waals surface area contributed by atoms with Crippen LogP contribution in [0.2, 0.25) is 15.1 Å². The Bertz CT molecular complexity index is 977. The van der Waals surface area contributed by atoms with Crippen molar-refractivity contribution >= 4 is 45.7 Å². The number of fused-ring (bicyclic) bond motifs is 1. The molecule has 1 heterocycles. The third-order valence-electron chi connectivity index (χ3n) is 5.75. The number of aromatic nitrogens is 1. The van der Waals surface area contributed by atoms with Crippen LogP contribution in [0.15, 0.2) is 48.7 Å². The second kappa shape index (κ2) is 8.17. The van der Waals surface area contributed by atoms with Crippen molar-refractivity contribution in [1.82, 2.24) is 10.3 Å². The molecular formula is C22H22Cl3N3. The first-order valence-electron chi connectivity index (χ1n) is 9.46. The van der Waals surface area contributed by atoms with Gasteiger partial charge in [-0.25, -0.2) is 0 Å². The molecule has 146 valence electrons. The summed E-state index contributed by atoms with van der Waals surface area (Å²) in [5, 5.41) is 6.77. The molecule has 3 N–H and O–H groups in total. The van der Waals surface area contributed by atoms with Crippen LogP contribution in [0, 0.1) is 0 Å². The molecule has 0 unspecified atom stereocenters. The fraction of sp³-hybridized carbons (Fsp3) is 0.318. The van der Waals surface area contributed by atoms with Gasteiger partial charge >= 0.3 is 0 Å². The lowest BCUT2D eigenvalue weighted by Gasteiger charge is -2.38. The summed E-state index contributed by atoms with van der Waals surface area (Å²) in [4.78, 5) is 4.45. The minimum absolute atomic E-state index is 0.352. The monoisotopic (exact) mass is 433 g/mol. The summed E-state index contributed by atoms with van der Waals surface area (Å²) in [6.07, 6.45) is 5.63. The zero-order valence-electron chi connectivity index (χ0n) is 15.4. The maximum atomic E-state index is 6.87. The maximum absolute atomic E-state index is 6.87. The Balaban J connectivity index is 1.46. The van der Waals surface area contributed by atoms with Gasteiger partial charge in [0.05, 0.1) is 5.52 Å². The molecule has 1 aromatic heterocycles. The number of hydrogen-bond donors (Lipinski definition) is 2. The van der Waals surface area contributed by atoms with E-state index in [0.29, 0.717) is 27.7 Å². The third-order valence-corrected chi connectivity index (χ3v) is 6.69. The molecule has 3 nitrogen and oxygen atoms in total. The van der Waals surface area contributed by atoms with Crippen LogP contribution in [0.25, 0.3) is 10.9 Å².